The summed E-state index contributed by atoms with van der Waals surface area (Å²) in [7, 11) is 0. The third kappa shape index (κ3) is 0.564. The number of esters is 4. The van der Waals surface area contributed by atoms with Crippen molar-refractivity contribution >= 4 is 23.9 Å². The van der Waals surface area contributed by atoms with Gasteiger partial charge in [-0.1, -0.05) is 0 Å². The molecular formula is C8H2O6. The number of ether oxygens (including phenoxy) is 2. The van der Waals surface area contributed by atoms with Crippen molar-refractivity contribution < 1.29 is 28.7 Å². The number of carbonyl (C=O) groups is 4. The highest BCUT2D eigenvalue weighted by atomic mass is 16.6. The quantitative estimate of drug-likeness (QED) is 0.351. The van der Waals surface area contributed by atoms with Gasteiger partial charge in [-0.25, -0.2) is 9.59 Å². The maximum absolute atomic E-state index is 11.0. The average Bonchev–Trinajstić information content (AvgIpc) is 2.31. The van der Waals surface area contributed by atoms with Crippen molar-refractivity contribution in [2.24, 2.45) is 11.8 Å². The summed E-state index contributed by atoms with van der Waals surface area (Å²) in [6.45, 7) is 0. The highest BCUT2D eigenvalue weighted by molar-refractivity contribution is 6.23. The van der Waals surface area contributed by atoms with Gasteiger partial charge in [0.05, 0.1) is 11.1 Å². The largest absolute Gasteiger partial charge is 0.389 e. The van der Waals surface area contributed by atoms with Crippen molar-refractivity contribution in [2.75, 3.05) is 0 Å². The van der Waals surface area contributed by atoms with E-state index in [2.05, 4.69) is 9.47 Å². The molecule has 1 aliphatic carbocycles. The summed E-state index contributed by atoms with van der Waals surface area (Å²) in [6.07, 6.45) is 0. The van der Waals surface area contributed by atoms with Gasteiger partial charge in [0.2, 0.25) is 0 Å². The summed E-state index contributed by atoms with van der Waals surface area (Å²) in [5, 5.41) is 0. The van der Waals surface area contributed by atoms with Crippen molar-refractivity contribution in [3.8, 4) is 0 Å². The lowest BCUT2D eigenvalue weighted by Crippen LogP contribution is -2.35. The van der Waals surface area contributed by atoms with E-state index in [0.29, 0.717) is 0 Å². The van der Waals surface area contributed by atoms with Crippen molar-refractivity contribution in [1.29, 1.82) is 0 Å². The SMILES string of the molecule is O=C1OC(=O)C2C1=C1C(=O)OC(=O)C12. The molecule has 2 heterocycles. The van der Waals surface area contributed by atoms with Crippen LogP contribution in [-0.4, -0.2) is 23.9 Å². The van der Waals surface area contributed by atoms with Crippen molar-refractivity contribution in [1.82, 2.24) is 0 Å². The Labute approximate surface area is 76.5 Å². The van der Waals surface area contributed by atoms with Crippen molar-refractivity contribution in [2.45, 2.75) is 0 Å². The van der Waals surface area contributed by atoms with Gasteiger partial charge in [0, 0.05) is 0 Å². The molecule has 0 amide bonds. The molecule has 0 bridgehead atoms. The third-order valence-electron chi connectivity index (χ3n) is 2.58. The lowest BCUT2D eigenvalue weighted by molar-refractivity contribution is -0.158. The monoisotopic (exact) mass is 194 g/mol. The van der Waals surface area contributed by atoms with E-state index < -0.39 is 35.7 Å². The minimum absolute atomic E-state index is 0.00384. The van der Waals surface area contributed by atoms with Gasteiger partial charge in [-0.3, -0.25) is 9.59 Å². The fourth-order valence-corrected chi connectivity index (χ4v) is 1.97. The molecule has 2 aliphatic heterocycles. The molecule has 6 nitrogen and oxygen atoms in total. The summed E-state index contributed by atoms with van der Waals surface area (Å²) >= 11 is 0. The van der Waals surface area contributed by atoms with Gasteiger partial charge in [0.1, 0.15) is 11.8 Å². The first-order chi connectivity index (χ1) is 6.61. The predicted molar refractivity (Wildman–Crippen MR) is 36.2 cm³/mol. The molecule has 0 spiro atoms. The predicted octanol–water partition coefficient (Wildman–Crippen LogP) is -1.30. The Morgan fingerprint density at radius 2 is 1.07 bits per heavy atom. The molecule has 0 aromatic rings. The van der Waals surface area contributed by atoms with Crippen LogP contribution in [0.15, 0.2) is 11.1 Å². The highest BCUT2D eigenvalue weighted by Crippen LogP contribution is 2.50. The second kappa shape index (κ2) is 1.92. The molecule has 6 heteroatoms. The first-order valence-corrected chi connectivity index (χ1v) is 3.87. The van der Waals surface area contributed by atoms with E-state index in [-0.39, 0.29) is 11.1 Å². The zero-order valence-electron chi connectivity index (χ0n) is 6.60. The summed E-state index contributed by atoms with van der Waals surface area (Å²) in [6, 6.07) is 0. The molecule has 2 saturated heterocycles. The van der Waals surface area contributed by atoms with E-state index >= 15 is 0 Å². The van der Waals surface area contributed by atoms with Gasteiger partial charge in [-0.2, -0.15) is 0 Å². The maximum atomic E-state index is 11.0. The molecule has 14 heavy (non-hydrogen) atoms. The molecule has 0 aromatic carbocycles. The van der Waals surface area contributed by atoms with Crippen LogP contribution in [0, 0.1) is 11.8 Å². The minimum atomic E-state index is -0.906. The van der Waals surface area contributed by atoms with Crippen LogP contribution in [-0.2, 0) is 28.7 Å². The van der Waals surface area contributed by atoms with Crippen LogP contribution < -0.4 is 0 Å². The van der Waals surface area contributed by atoms with Gasteiger partial charge in [-0.05, 0) is 0 Å². The fraction of sp³-hybridized carbons (Fsp3) is 0.250. The average molecular weight is 194 g/mol. The Balaban J connectivity index is 2.21. The first-order valence-electron chi connectivity index (χ1n) is 3.87. The normalized spacial score (nSPS) is 33.7. The Morgan fingerprint density at radius 1 is 0.714 bits per heavy atom. The van der Waals surface area contributed by atoms with Gasteiger partial charge in [-0.15, -0.1) is 0 Å². The first kappa shape index (κ1) is 7.43. The molecule has 3 aliphatic rings. The smallest absolute Gasteiger partial charge is 0.343 e. The van der Waals surface area contributed by atoms with Gasteiger partial charge < -0.3 is 9.47 Å². The van der Waals surface area contributed by atoms with Gasteiger partial charge in [0.15, 0.2) is 0 Å². The van der Waals surface area contributed by atoms with E-state index in [1.165, 1.54) is 0 Å². The Kier molecular flexibility index (Phi) is 1.02. The van der Waals surface area contributed by atoms with Crippen molar-refractivity contribution in [3.63, 3.8) is 0 Å². The van der Waals surface area contributed by atoms with E-state index in [0.717, 1.165) is 0 Å². The summed E-state index contributed by atoms with van der Waals surface area (Å²) in [4.78, 5) is 44.1. The van der Waals surface area contributed by atoms with Crippen LogP contribution in [0.4, 0.5) is 0 Å². The molecule has 2 fully saturated rings. The molecule has 0 saturated carbocycles. The van der Waals surface area contributed by atoms with Crippen LogP contribution in [0.2, 0.25) is 0 Å². The summed E-state index contributed by atoms with van der Waals surface area (Å²) in [5.41, 5.74) is -0.00769. The lowest BCUT2D eigenvalue weighted by atomic mass is 9.70. The highest BCUT2D eigenvalue weighted by Gasteiger charge is 2.64. The summed E-state index contributed by atoms with van der Waals surface area (Å²) in [5.74, 6) is -5.03. The zero-order chi connectivity index (χ0) is 10.0. The molecule has 2 unspecified atom stereocenters. The molecule has 0 N–H and O–H groups in total. The Morgan fingerprint density at radius 3 is 1.43 bits per heavy atom. The molecule has 3 rings (SSSR count). The van der Waals surface area contributed by atoms with E-state index in [9.17, 15) is 19.2 Å². The van der Waals surface area contributed by atoms with Crippen LogP contribution >= 0.6 is 0 Å². The van der Waals surface area contributed by atoms with Crippen LogP contribution in [0.25, 0.3) is 0 Å². The number of rotatable bonds is 0. The summed E-state index contributed by atoms with van der Waals surface area (Å²) < 4.78 is 8.57. The van der Waals surface area contributed by atoms with E-state index in [4.69, 9.17) is 0 Å². The number of hydrogen-bond donors (Lipinski definition) is 0. The minimum Gasteiger partial charge on any atom is -0.389 e. The van der Waals surface area contributed by atoms with E-state index in [1.54, 1.807) is 0 Å². The number of cyclic esters (lactones) is 4. The number of hydrogen-bond acceptors (Lipinski definition) is 6. The second-order valence-corrected chi connectivity index (χ2v) is 3.20. The maximum Gasteiger partial charge on any atom is 0.343 e. The number of carbonyl (C=O) groups excluding carboxylic acids is 4. The molecule has 70 valence electrons. The van der Waals surface area contributed by atoms with E-state index in [1.807, 2.05) is 0 Å². The van der Waals surface area contributed by atoms with Gasteiger partial charge >= 0.3 is 23.9 Å². The van der Waals surface area contributed by atoms with Crippen LogP contribution in [0.3, 0.4) is 0 Å². The van der Waals surface area contributed by atoms with Crippen molar-refractivity contribution in [3.05, 3.63) is 11.1 Å². The topological polar surface area (TPSA) is 86.7 Å². The fourth-order valence-electron chi connectivity index (χ4n) is 1.97. The van der Waals surface area contributed by atoms with Gasteiger partial charge in [0.25, 0.3) is 0 Å². The lowest BCUT2D eigenvalue weighted by Gasteiger charge is -2.21. The second-order valence-electron chi connectivity index (χ2n) is 3.20. The Bertz CT molecular complexity index is 414. The molecule has 0 aromatic heterocycles. The van der Waals surface area contributed by atoms with Crippen LogP contribution in [0.5, 0.6) is 0 Å². The standard InChI is InChI=1S/C8H2O6/c9-5-1-2(6(10)13-5)4-3(1)7(11)14-8(4)12/h1,3H. The third-order valence-corrected chi connectivity index (χ3v) is 2.58. The zero-order valence-corrected chi connectivity index (χ0v) is 6.60. The van der Waals surface area contributed by atoms with Crippen LogP contribution in [0.1, 0.15) is 0 Å². The molecule has 0 radical (unpaired) electrons. The molecule has 2 atom stereocenters. The number of fused-ring (bicyclic) bond motifs is 3. The Hall–Kier alpha value is -1.98. The molecular weight excluding hydrogens is 192 g/mol.